The Morgan fingerprint density at radius 1 is 1.65 bits per heavy atom. The van der Waals surface area contributed by atoms with E-state index in [2.05, 4.69) is 17.2 Å². The van der Waals surface area contributed by atoms with Gasteiger partial charge in [-0.1, -0.05) is 0 Å². The van der Waals surface area contributed by atoms with E-state index in [1.54, 1.807) is 19.6 Å². The number of hydrogen-bond donors (Lipinski definition) is 1. The van der Waals surface area contributed by atoms with Crippen molar-refractivity contribution in [3.8, 4) is 0 Å². The van der Waals surface area contributed by atoms with Crippen LogP contribution in [0.4, 0.5) is 5.95 Å². The zero-order valence-corrected chi connectivity index (χ0v) is 11.5. The van der Waals surface area contributed by atoms with E-state index in [0.29, 0.717) is 6.61 Å². The molecule has 2 atom stereocenters. The molecule has 0 fully saturated rings. The number of methoxy groups -OCH3 is 1. The SMILES string of the molecule is COCC(C)n1ccnc1NCCCS(C)=O. The Kier molecular flexibility index (Phi) is 6.21. The van der Waals surface area contributed by atoms with Crippen molar-refractivity contribution in [3.05, 3.63) is 12.4 Å². The first kappa shape index (κ1) is 14.2. The molecule has 0 aliphatic rings. The Morgan fingerprint density at radius 2 is 2.41 bits per heavy atom. The van der Waals surface area contributed by atoms with Gasteiger partial charge in [-0.05, 0) is 13.3 Å². The summed E-state index contributed by atoms with van der Waals surface area (Å²) in [5, 5.41) is 3.25. The number of imidazole rings is 1. The van der Waals surface area contributed by atoms with Crippen molar-refractivity contribution in [1.29, 1.82) is 0 Å². The van der Waals surface area contributed by atoms with Gasteiger partial charge in [0.1, 0.15) is 0 Å². The van der Waals surface area contributed by atoms with Crippen LogP contribution in [0.5, 0.6) is 0 Å². The molecule has 0 aliphatic carbocycles. The highest BCUT2D eigenvalue weighted by Crippen LogP contribution is 2.13. The topological polar surface area (TPSA) is 56.1 Å². The molecule has 2 unspecified atom stereocenters. The second-order valence-electron chi connectivity index (χ2n) is 4.02. The molecule has 5 nitrogen and oxygen atoms in total. The van der Waals surface area contributed by atoms with Gasteiger partial charge in [-0.25, -0.2) is 4.98 Å². The lowest BCUT2D eigenvalue weighted by Crippen LogP contribution is -2.15. The molecule has 0 saturated carbocycles. The first-order chi connectivity index (χ1) is 8.15. The summed E-state index contributed by atoms with van der Waals surface area (Å²) >= 11 is 0. The van der Waals surface area contributed by atoms with E-state index < -0.39 is 10.8 Å². The van der Waals surface area contributed by atoms with Crippen molar-refractivity contribution in [1.82, 2.24) is 9.55 Å². The molecule has 0 bridgehead atoms. The second kappa shape index (κ2) is 7.45. The summed E-state index contributed by atoms with van der Waals surface area (Å²) in [6.45, 7) is 3.53. The maximum atomic E-state index is 10.9. The molecule has 0 radical (unpaired) electrons. The third-order valence-corrected chi connectivity index (χ3v) is 3.31. The lowest BCUT2D eigenvalue weighted by molar-refractivity contribution is 0.163. The van der Waals surface area contributed by atoms with Gasteiger partial charge >= 0.3 is 0 Å². The van der Waals surface area contributed by atoms with E-state index in [9.17, 15) is 4.21 Å². The number of hydrogen-bond acceptors (Lipinski definition) is 4. The Labute approximate surface area is 105 Å². The summed E-state index contributed by atoms with van der Waals surface area (Å²) in [5.41, 5.74) is 0. The highest BCUT2D eigenvalue weighted by atomic mass is 32.2. The summed E-state index contributed by atoms with van der Waals surface area (Å²) in [7, 11) is 0.973. The van der Waals surface area contributed by atoms with Crippen molar-refractivity contribution in [2.75, 3.05) is 37.6 Å². The minimum atomic E-state index is -0.718. The Morgan fingerprint density at radius 3 is 3.06 bits per heavy atom. The van der Waals surface area contributed by atoms with Crippen molar-refractivity contribution in [2.24, 2.45) is 0 Å². The fourth-order valence-electron chi connectivity index (χ4n) is 1.60. The predicted molar refractivity (Wildman–Crippen MR) is 70.9 cm³/mol. The third-order valence-electron chi connectivity index (χ3n) is 2.44. The highest BCUT2D eigenvalue weighted by Gasteiger charge is 2.08. The lowest BCUT2D eigenvalue weighted by Gasteiger charge is -2.16. The quantitative estimate of drug-likeness (QED) is 0.714. The van der Waals surface area contributed by atoms with Crippen LogP contribution in [0.25, 0.3) is 0 Å². The van der Waals surface area contributed by atoms with E-state index in [4.69, 9.17) is 4.74 Å². The van der Waals surface area contributed by atoms with Crippen LogP contribution in [-0.4, -0.2) is 46.0 Å². The smallest absolute Gasteiger partial charge is 0.203 e. The molecule has 17 heavy (non-hydrogen) atoms. The zero-order chi connectivity index (χ0) is 12.7. The minimum absolute atomic E-state index is 0.255. The van der Waals surface area contributed by atoms with E-state index in [0.717, 1.165) is 24.7 Å². The molecule has 1 aromatic rings. The van der Waals surface area contributed by atoms with Crippen LogP contribution in [0.1, 0.15) is 19.4 Å². The number of rotatable bonds is 8. The summed E-state index contributed by atoms with van der Waals surface area (Å²) in [4.78, 5) is 4.26. The predicted octanol–water partition coefficient (Wildman–Crippen LogP) is 1.27. The highest BCUT2D eigenvalue weighted by molar-refractivity contribution is 7.84. The van der Waals surface area contributed by atoms with E-state index >= 15 is 0 Å². The molecule has 98 valence electrons. The monoisotopic (exact) mass is 259 g/mol. The van der Waals surface area contributed by atoms with Crippen LogP contribution in [-0.2, 0) is 15.5 Å². The Hall–Kier alpha value is -0.880. The van der Waals surface area contributed by atoms with E-state index in [1.165, 1.54) is 0 Å². The summed E-state index contributed by atoms with van der Waals surface area (Å²) in [5.74, 6) is 1.57. The molecule has 0 amide bonds. The van der Waals surface area contributed by atoms with Crippen molar-refractivity contribution in [3.63, 3.8) is 0 Å². The van der Waals surface area contributed by atoms with E-state index in [-0.39, 0.29) is 6.04 Å². The third kappa shape index (κ3) is 4.87. The zero-order valence-electron chi connectivity index (χ0n) is 10.7. The molecular weight excluding hydrogens is 238 g/mol. The van der Waals surface area contributed by atoms with Gasteiger partial charge in [0, 0.05) is 48.9 Å². The molecule has 1 rings (SSSR count). The van der Waals surface area contributed by atoms with Gasteiger partial charge in [-0.15, -0.1) is 0 Å². The number of ether oxygens (including phenoxy) is 1. The largest absolute Gasteiger partial charge is 0.383 e. The first-order valence-electron chi connectivity index (χ1n) is 5.70. The van der Waals surface area contributed by atoms with Gasteiger partial charge in [0.05, 0.1) is 12.6 Å². The number of anilines is 1. The molecule has 0 aromatic carbocycles. The maximum absolute atomic E-state index is 10.9. The Balaban J connectivity index is 2.43. The molecule has 1 N–H and O–H groups in total. The van der Waals surface area contributed by atoms with Crippen molar-refractivity contribution in [2.45, 2.75) is 19.4 Å². The second-order valence-corrected chi connectivity index (χ2v) is 5.57. The van der Waals surface area contributed by atoms with Crippen LogP contribution >= 0.6 is 0 Å². The van der Waals surface area contributed by atoms with Gasteiger partial charge in [0.15, 0.2) is 0 Å². The molecule has 6 heteroatoms. The average Bonchev–Trinajstić information content (AvgIpc) is 2.72. The normalized spacial score (nSPS) is 14.5. The summed E-state index contributed by atoms with van der Waals surface area (Å²) in [6, 6.07) is 0.255. The van der Waals surface area contributed by atoms with Crippen LogP contribution in [0.15, 0.2) is 12.4 Å². The number of nitrogens with zero attached hydrogens (tertiary/aromatic N) is 2. The minimum Gasteiger partial charge on any atom is -0.383 e. The van der Waals surface area contributed by atoms with Gasteiger partial charge in [0.2, 0.25) is 5.95 Å². The Bertz CT molecular complexity index is 354. The number of nitrogens with one attached hydrogen (secondary N) is 1. The molecule has 1 aromatic heterocycles. The van der Waals surface area contributed by atoms with Gasteiger partial charge in [-0.3, -0.25) is 4.21 Å². The van der Waals surface area contributed by atoms with E-state index in [1.807, 2.05) is 10.8 Å². The molecular formula is C11H21N3O2S. The standard InChI is InChI=1S/C11H21N3O2S/c1-10(9-16-2)14-7-6-13-11(14)12-5-4-8-17(3)15/h6-7,10H,4-5,8-9H2,1-3H3,(H,12,13). The molecule has 0 saturated heterocycles. The molecule has 1 heterocycles. The summed E-state index contributed by atoms with van der Waals surface area (Å²) < 4.78 is 18.1. The average molecular weight is 259 g/mol. The van der Waals surface area contributed by atoms with Crippen molar-refractivity contribution >= 4 is 16.7 Å². The fourth-order valence-corrected chi connectivity index (χ4v) is 2.15. The number of aromatic nitrogens is 2. The van der Waals surface area contributed by atoms with Gasteiger partial charge in [-0.2, -0.15) is 0 Å². The fraction of sp³-hybridized carbons (Fsp3) is 0.727. The summed E-state index contributed by atoms with van der Waals surface area (Å²) in [6.07, 6.45) is 6.31. The lowest BCUT2D eigenvalue weighted by atomic mass is 10.3. The molecule has 0 aliphatic heterocycles. The van der Waals surface area contributed by atoms with Gasteiger partial charge in [0.25, 0.3) is 0 Å². The van der Waals surface area contributed by atoms with Gasteiger partial charge < -0.3 is 14.6 Å². The first-order valence-corrected chi connectivity index (χ1v) is 7.43. The van der Waals surface area contributed by atoms with Crippen LogP contribution < -0.4 is 5.32 Å². The molecule has 0 spiro atoms. The van der Waals surface area contributed by atoms with Crippen LogP contribution in [0.3, 0.4) is 0 Å². The van der Waals surface area contributed by atoms with Crippen LogP contribution in [0, 0.1) is 0 Å². The van der Waals surface area contributed by atoms with Crippen molar-refractivity contribution < 1.29 is 8.95 Å². The van der Waals surface area contributed by atoms with Crippen LogP contribution in [0.2, 0.25) is 0 Å². The maximum Gasteiger partial charge on any atom is 0.203 e.